The molecule has 5 nitrogen and oxygen atoms in total. The summed E-state index contributed by atoms with van der Waals surface area (Å²) in [5, 5.41) is 3.25. The Labute approximate surface area is 109 Å². The second kappa shape index (κ2) is 5.07. The molecular weight excluding hydrogens is 250 g/mol. The predicted molar refractivity (Wildman–Crippen MR) is 70.9 cm³/mol. The highest BCUT2D eigenvalue weighted by Gasteiger charge is 2.35. The van der Waals surface area contributed by atoms with Gasteiger partial charge < -0.3 is 5.32 Å². The molecule has 2 saturated carbocycles. The van der Waals surface area contributed by atoms with Gasteiger partial charge in [0.2, 0.25) is 10.0 Å². The largest absolute Gasteiger partial charge is 0.313 e. The van der Waals surface area contributed by atoms with E-state index in [4.69, 9.17) is 0 Å². The maximum atomic E-state index is 11.9. The van der Waals surface area contributed by atoms with Gasteiger partial charge in [-0.15, -0.1) is 0 Å². The first-order chi connectivity index (χ1) is 8.62. The molecule has 0 radical (unpaired) electrons. The highest BCUT2D eigenvalue weighted by Crippen LogP contribution is 2.29. The highest BCUT2D eigenvalue weighted by molar-refractivity contribution is 7.89. The molecule has 0 aromatic heterocycles. The summed E-state index contributed by atoms with van der Waals surface area (Å²) in [6.45, 7) is 2.54. The summed E-state index contributed by atoms with van der Waals surface area (Å²) in [4.78, 5) is 2.43. The Hall–Kier alpha value is -0.170. The Morgan fingerprint density at radius 2 is 1.83 bits per heavy atom. The lowest BCUT2D eigenvalue weighted by Gasteiger charge is -2.16. The van der Waals surface area contributed by atoms with Crippen LogP contribution >= 0.6 is 0 Å². The zero-order chi connectivity index (χ0) is 12.6. The van der Waals surface area contributed by atoms with Crippen LogP contribution in [0.5, 0.6) is 0 Å². The molecule has 1 unspecified atom stereocenters. The summed E-state index contributed by atoms with van der Waals surface area (Å²) in [6.07, 6.45) is 5.96. The molecule has 1 aliphatic heterocycles. The van der Waals surface area contributed by atoms with Crippen molar-refractivity contribution < 1.29 is 8.42 Å². The monoisotopic (exact) mass is 273 g/mol. The zero-order valence-corrected chi connectivity index (χ0v) is 11.6. The molecule has 0 spiro atoms. The van der Waals surface area contributed by atoms with Crippen LogP contribution in [0.15, 0.2) is 0 Å². The average molecular weight is 273 g/mol. The van der Waals surface area contributed by atoms with Crippen molar-refractivity contribution >= 4 is 10.0 Å². The zero-order valence-electron chi connectivity index (χ0n) is 10.8. The third-order valence-electron chi connectivity index (χ3n) is 4.01. The summed E-state index contributed by atoms with van der Waals surface area (Å²) in [5.41, 5.74) is 0. The molecule has 3 fully saturated rings. The van der Waals surface area contributed by atoms with E-state index >= 15 is 0 Å². The van der Waals surface area contributed by atoms with E-state index in [0.29, 0.717) is 12.6 Å². The number of likely N-dealkylation sites (tertiary alicyclic amines) is 1. The Morgan fingerprint density at radius 3 is 2.50 bits per heavy atom. The van der Waals surface area contributed by atoms with E-state index in [2.05, 4.69) is 14.9 Å². The van der Waals surface area contributed by atoms with Gasteiger partial charge in [-0.25, -0.2) is 13.1 Å². The second-order valence-corrected chi connectivity index (χ2v) is 7.75. The first-order valence-electron chi connectivity index (χ1n) is 7.10. The van der Waals surface area contributed by atoms with Crippen LogP contribution in [0.25, 0.3) is 0 Å². The van der Waals surface area contributed by atoms with Gasteiger partial charge >= 0.3 is 0 Å². The molecule has 1 heterocycles. The Bertz CT molecular complexity index is 390. The minimum Gasteiger partial charge on any atom is -0.313 e. The van der Waals surface area contributed by atoms with E-state index < -0.39 is 10.0 Å². The van der Waals surface area contributed by atoms with Crippen LogP contribution < -0.4 is 10.0 Å². The molecule has 1 atom stereocenters. The SMILES string of the molecule is O=S(=O)(CCNC1CC1)NC1CCN(C2CC2)C1. The first kappa shape index (κ1) is 12.8. The van der Waals surface area contributed by atoms with Crippen LogP contribution in [0.2, 0.25) is 0 Å². The van der Waals surface area contributed by atoms with Crippen LogP contribution in [0, 0.1) is 0 Å². The Balaban J connectivity index is 1.39. The van der Waals surface area contributed by atoms with Crippen LogP contribution in [-0.2, 0) is 10.0 Å². The van der Waals surface area contributed by atoms with Crippen LogP contribution in [-0.4, -0.2) is 56.8 Å². The van der Waals surface area contributed by atoms with E-state index in [-0.39, 0.29) is 11.8 Å². The van der Waals surface area contributed by atoms with E-state index in [9.17, 15) is 8.42 Å². The van der Waals surface area contributed by atoms with E-state index in [1.165, 1.54) is 25.7 Å². The van der Waals surface area contributed by atoms with Crippen molar-refractivity contribution in [1.29, 1.82) is 0 Å². The lowest BCUT2D eigenvalue weighted by atomic mass is 10.3. The third-order valence-corrected chi connectivity index (χ3v) is 5.44. The predicted octanol–water partition coefficient (Wildman–Crippen LogP) is -0.105. The summed E-state index contributed by atoms with van der Waals surface area (Å²) in [5.74, 6) is 0.212. The molecular formula is C12H23N3O2S. The molecule has 0 bridgehead atoms. The quantitative estimate of drug-likeness (QED) is 0.680. The fourth-order valence-electron chi connectivity index (χ4n) is 2.65. The average Bonchev–Trinajstić information content (AvgIpc) is 3.19. The maximum absolute atomic E-state index is 11.9. The molecule has 0 aromatic carbocycles. The van der Waals surface area contributed by atoms with E-state index in [1.807, 2.05) is 0 Å². The van der Waals surface area contributed by atoms with Gasteiger partial charge in [0.05, 0.1) is 5.75 Å². The van der Waals surface area contributed by atoms with Crippen molar-refractivity contribution in [2.45, 2.75) is 50.2 Å². The van der Waals surface area contributed by atoms with Gasteiger partial charge in [0.15, 0.2) is 0 Å². The van der Waals surface area contributed by atoms with Crippen molar-refractivity contribution in [3.8, 4) is 0 Å². The van der Waals surface area contributed by atoms with Crippen molar-refractivity contribution in [1.82, 2.24) is 14.9 Å². The third kappa shape index (κ3) is 3.66. The second-order valence-electron chi connectivity index (χ2n) is 5.88. The molecule has 1 saturated heterocycles. The van der Waals surface area contributed by atoms with Gasteiger partial charge in [-0.2, -0.15) is 0 Å². The van der Waals surface area contributed by atoms with Crippen LogP contribution in [0.4, 0.5) is 0 Å². The summed E-state index contributed by atoms with van der Waals surface area (Å²) in [6, 6.07) is 1.46. The summed E-state index contributed by atoms with van der Waals surface area (Å²) in [7, 11) is -3.10. The number of nitrogens with one attached hydrogen (secondary N) is 2. The van der Waals surface area contributed by atoms with Gasteiger partial charge in [0.25, 0.3) is 0 Å². The summed E-state index contributed by atoms with van der Waals surface area (Å²) >= 11 is 0. The van der Waals surface area contributed by atoms with E-state index in [0.717, 1.165) is 25.6 Å². The summed E-state index contributed by atoms with van der Waals surface area (Å²) < 4.78 is 26.7. The van der Waals surface area contributed by atoms with Gasteiger partial charge in [-0.05, 0) is 32.1 Å². The van der Waals surface area contributed by atoms with Crippen LogP contribution in [0.1, 0.15) is 32.1 Å². The number of hydrogen-bond donors (Lipinski definition) is 2. The normalized spacial score (nSPS) is 29.9. The van der Waals surface area contributed by atoms with Crippen molar-refractivity contribution in [2.24, 2.45) is 0 Å². The number of rotatable bonds is 7. The van der Waals surface area contributed by atoms with Gasteiger partial charge in [-0.3, -0.25) is 4.90 Å². The van der Waals surface area contributed by atoms with Gasteiger partial charge in [-0.1, -0.05) is 0 Å². The smallest absolute Gasteiger partial charge is 0.213 e. The van der Waals surface area contributed by atoms with Crippen molar-refractivity contribution in [3.63, 3.8) is 0 Å². The molecule has 0 amide bonds. The minimum absolute atomic E-state index is 0.136. The van der Waals surface area contributed by atoms with Crippen molar-refractivity contribution in [3.05, 3.63) is 0 Å². The maximum Gasteiger partial charge on any atom is 0.213 e. The van der Waals surface area contributed by atoms with Gasteiger partial charge in [0, 0.05) is 37.8 Å². The Morgan fingerprint density at radius 1 is 1.06 bits per heavy atom. The van der Waals surface area contributed by atoms with Crippen molar-refractivity contribution in [2.75, 3.05) is 25.4 Å². The fraction of sp³-hybridized carbons (Fsp3) is 1.00. The number of hydrogen-bond acceptors (Lipinski definition) is 4. The number of sulfonamides is 1. The lowest BCUT2D eigenvalue weighted by Crippen LogP contribution is -2.40. The molecule has 3 rings (SSSR count). The standard InChI is InChI=1S/C12H23N3O2S/c16-18(17,8-6-13-10-1-2-10)14-11-5-7-15(9-11)12-3-4-12/h10-14H,1-9H2. The van der Waals surface area contributed by atoms with Gasteiger partial charge in [0.1, 0.15) is 0 Å². The highest BCUT2D eigenvalue weighted by atomic mass is 32.2. The lowest BCUT2D eigenvalue weighted by molar-refractivity contribution is 0.322. The molecule has 2 aliphatic carbocycles. The first-order valence-corrected chi connectivity index (χ1v) is 8.75. The molecule has 0 aromatic rings. The van der Waals surface area contributed by atoms with Crippen LogP contribution in [0.3, 0.4) is 0 Å². The molecule has 104 valence electrons. The molecule has 2 N–H and O–H groups in total. The minimum atomic E-state index is -3.10. The van der Waals surface area contributed by atoms with E-state index in [1.54, 1.807) is 0 Å². The molecule has 3 aliphatic rings. The molecule has 6 heteroatoms. The topological polar surface area (TPSA) is 61.4 Å². The molecule has 18 heavy (non-hydrogen) atoms. The Kier molecular flexibility index (Phi) is 3.62. The fourth-order valence-corrected chi connectivity index (χ4v) is 3.86. The number of nitrogens with zero attached hydrogens (tertiary/aromatic N) is 1.